The lowest BCUT2D eigenvalue weighted by atomic mass is 10.2. The molecule has 0 saturated carbocycles. The maximum Gasteiger partial charge on any atom is 0.239 e. The van der Waals surface area contributed by atoms with Crippen LogP contribution in [0.3, 0.4) is 0 Å². The second-order valence-corrected chi connectivity index (χ2v) is 6.74. The number of nitrogens with one attached hydrogen (secondary N) is 2. The molecular formula is C15H18N2O3S2. The second-order valence-electron chi connectivity index (χ2n) is 4.86. The van der Waals surface area contributed by atoms with Gasteiger partial charge in [0.05, 0.1) is 11.9 Å². The van der Waals surface area contributed by atoms with E-state index >= 15 is 0 Å². The van der Waals surface area contributed by atoms with Gasteiger partial charge in [-0.25, -0.2) is 0 Å². The maximum atomic E-state index is 11.9. The molecule has 2 amide bonds. The summed E-state index contributed by atoms with van der Waals surface area (Å²) in [5, 5.41) is 4.85. The summed E-state index contributed by atoms with van der Waals surface area (Å²) < 4.78 is 5.98. The topological polar surface area (TPSA) is 67.4 Å². The van der Waals surface area contributed by atoms with Gasteiger partial charge in [0, 0.05) is 12.1 Å². The average Bonchev–Trinajstić information content (AvgIpc) is 2.79. The van der Waals surface area contributed by atoms with Crippen LogP contribution in [0.25, 0.3) is 0 Å². The molecule has 1 aliphatic heterocycles. The molecule has 0 bridgehead atoms. The summed E-state index contributed by atoms with van der Waals surface area (Å²) in [6.45, 7) is 2.80. The molecule has 0 aliphatic carbocycles. The maximum absolute atomic E-state index is 11.9. The van der Waals surface area contributed by atoms with Crippen molar-refractivity contribution in [3.63, 3.8) is 0 Å². The zero-order valence-corrected chi connectivity index (χ0v) is 13.9. The lowest BCUT2D eigenvalue weighted by Crippen LogP contribution is -2.27. The number of unbranched alkanes of at least 4 members (excludes halogenated alkanes) is 1. The number of carbonyl (C=O) groups is 2. The van der Waals surface area contributed by atoms with Crippen LogP contribution in [0.1, 0.15) is 26.2 Å². The second kappa shape index (κ2) is 8.14. The van der Waals surface area contributed by atoms with Gasteiger partial charge in [0.1, 0.15) is 10.1 Å². The molecule has 1 unspecified atom stereocenters. The Balaban J connectivity index is 1.81. The smallest absolute Gasteiger partial charge is 0.239 e. The summed E-state index contributed by atoms with van der Waals surface area (Å²) in [5.41, 5.74) is 0.679. The fourth-order valence-corrected chi connectivity index (χ4v) is 3.14. The predicted molar refractivity (Wildman–Crippen MR) is 92.2 cm³/mol. The first-order valence-corrected chi connectivity index (χ1v) is 8.41. The van der Waals surface area contributed by atoms with Crippen LogP contribution in [0.4, 0.5) is 5.69 Å². The van der Waals surface area contributed by atoms with Crippen molar-refractivity contribution in [1.29, 1.82) is 0 Å². The summed E-state index contributed by atoms with van der Waals surface area (Å²) in [6, 6.07) is 7.20. The Labute approximate surface area is 139 Å². The van der Waals surface area contributed by atoms with Crippen LogP contribution in [-0.4, -0.2) is 28.0 Å². The van der Waals surface area contributed by atoms with E-state index in [0.29, 0.717) is 16.6 Å². The minimum absolute atomic E-state index is 0.103. The van der Waals surface area contributed by atoms with E-state index < -0.39 is 5.25 Å². The zero-order valence-electron chi connectivity index (χ0n) is 12.3. The Morgan fingerprint density at radius 1 is 1.41 bits per heavy atom. The van der Waals surface area contributed by atoms with Crippen LogP contribution in [0.15, 0.2) is 24.3 Å². The number of rotatable bonds is 7. The third kappa shape index (κ3) is 4.99. The number of hydrogen-bond donors (Lipinski definition) is 2. The van der Waals surface area contributed by atoms with E-state index in [1.54, 1.807) is 12.1 Å². The Morgan fingerprint density at radius 3 is 2.73 bits per heavy atom. The van der Waals surface area contributed by atoms with Gasteiger partial charge in [-0.15, -0.1) is 0 Å². The Kier molecular flexibility index (Phi) is 6.21. The number of anilines is 1. The predicted octanol–water partition coefficient (Wildman–Crippen LogP) is 2.71. The highest BCUT2D eigenvalue weighted by atomic mass is 32.2. The molecule has 1 aromatic rings. The number of thioether (sulfide) groups is 1. The number of hydrogen-bond acceptors (Lipinski definition) is 5. The highest BCUT2D eigenvalue weighted by Gasteiger charge is 2.30. The van der Waals surface area contributed by atoms with Gasteiger partial charge in [-0.05, 0) is 30.7 Å². The highest BCUT2D eigenvalue weighted by molar-refractivity contribution is 8.24. The van der Waals surface area contributed by atoms with Crippen LogP contribution in [-0.2, 0) is 9.59 Å². The van der Waals surface area contributed by atoms with E-state index in [1.807, 2.05) is 12.1 Å². The van der Waals surface area contributed by atoms with Crippen molar-refractivity contribution in [3.8, 4) is 5.75 Å². The summed E-state index contributed by atoms with van der Waals surface area (Å²) >= 11 is 6.12. The van der Waals surface area contributed by atoms with Gasteiger partial charge in [-0.3, -0.25) is 9.59 Å². The molecule has 118 valence electrons. The lowest BCUT2D eigenvalue weighted by Gasteiger charge is -2.09. The van der Waals surface area contributed by atoms with E-state index in [2.05, 4.69) is 17.6 Å². The van der Waals surface area contributed by atoms with Gasteiger partial charge < -0.3 is 15.4 Å². The molecule has 5 nitrogen and oxygen atoms in total. The fraction of sp³-hybridized carbons (Fsp3) is 0.400. The van der Waals surface area contributed by atoms with Gasteiger partial charge in [-0.2, -0.15) is 0 Å². The highest BCUT2D eigenvalue weighted by Crippen LogP contribution is 2.23. The van der Waals surface area contributed by atoms with Crippen molar-refractivity contribution >= 4 is 45.8 Å². The number of benzene rings is 1. The summed E-state index contributed by atoms with van der Waals surface area (Å²) in [5.74, 6) is 0.365. The van der Waals surface area contributed by atoms with Crippen LogP contribution < -0.4 is 15.4 Å². The Morgan fingerprint density at radius 2 is 2.14 bits per heavy atom. The van der Waals surface area contributed by atoms with Gasteiger partial charge in [-0.1, -0.05) is 37.3 Å². The Hall–Kier alpha value is -1.60. The van der Waals surface area contributed by atoms with Crippen LogP contribution in [0.2, 0.25) is 0 Å². The van der Waals surface area contributed by atoms with Crippen molar-refractivity contribution in [3.05, 3.63) is 24.3 Å². The van der Waals surface area contributed by atoms with Crippen molar-refractivity contribution in [2.24, 2.45) is 0 Å². The minimum atomic E-state index is -0.441. The fourth-order valence-electron chi connectivity index (χ4n) is 1.88. The molecule has 1 fully saturated rings. The monoisotopic (exact) mass is 338 g/mol. The van der Waals surface area contributed by atoms with E-state index in [1.165, 1.54) is 11.8 Å². The quantitative estimate of drug-likeness (QED) is 0.591. The number of thiocarbonyl (C=S) groups is 1. The zero-order chi connectivity index (χ0) is 15.9. The first-order valence-electron chi connectivity index (χ1n) is 7.12. The van der Waals surface area contributed by atoms with E-state index in [9.17, 15) is 9.59 Å². The number of ether oxygens (including phenoxy) is 1. The van der Waals surface area contributed by atoms with Crippen molar-refractivity contribution in [2.45, 2.75) is 31.4 Å². The van der Waals surface area contributed by atoms with E-state index in [0.717, 1.165) is 18.6 Å². The molecule has 0 spiro atoms. The molecular weight excluding hydrogens is 320 g/mol. The van der Waals surface area contributed by atoms with Crippen LogP contribution in [0.5, 0.6) is 5.75 Å². The third-order valence-corrected chi connectivity index (χ3v) is 4.41. The third-order valence-electron chi connectivity index (χ3n) is 3.04. The summed E-state index contributed by atoms with van der Waals surface area (Å²) in [7, 11) is 0. The number of carbonyl (C=O) groups excluding carboxylic acids is 2. The molecule has 0 aromatic heterocycles. The van der Waals surface area contributed by atoms with Crippen molar-refractivity contribution in [2.75, 3.05) is 11.9 Å². The van der Waals surface area contributed by atoms with E-state index in [4.69, 9.17) is 17.0 Å². The van der Waals surface area contributed by atoms with Crippen molar-refractivity contribution in [1.82, 2.24) is 5.32 Å². The van der Waals surface area contributed by atoms with Gasteiger partial charge >= 0.3 is 0 Å². The SMILES string of the molecule is CCCCOc1ccc(NC(=O)CC2SC(=S)NC2=O)cc1. The molecule has 1 aromatic carbocycles. The first kappa shape index (κ1) is 16.8. The lowest BCUT2D eigenvalue weighted by molar-refractivity contribution is -0.122. The molecule has 1 saturated heterocycles. The standard InChI is InChI=1S/C15H18N2O3S2/c1-2-3-8-20-11-6-4-10(5-7-11)16-13(18)9-12-14(19)17-15(21)22-12/h4-7,12H,2-3,8-9H2,1H3,(H,16,18)(H,17,19,21). The summed E-state index contributed by atoms with van der Waals surface area (Å²) in [4.78, 5) is 23.5. The average molecular weight is 338 g/mol. The summed E-state index contributed by atoms with van der Waals surface area (Å²) in [6.07, 6.45) is 2.21. The first-order chi connectivity index (χ1) is 10.6. The molecule has 1 heterocycles. The minimum Gasteiger partial charge on any atom is -0.494 e. The largest absolute Gasteiger partial charge is 0.494 e. The molecule has 2 N–H and O–H groups in total. The molecule has 7 heteroatoms. The molecule has 2 rings (SSSR count). The molecule has 22 heavy (non-hydrogen) atoms. The number of amides is 2. The normalized spacial score (nSPS) is 17.2. The van der Waals surface area contributed by atoms with E-state index in [-0.39, 0.29) is 18.2 Å². The van der Waals surface area contributed by atoms with Crippen molar-refractivity contribution < 1.29 is 14.3 Å². The van der Waals surface area contributed by atoms with Crippen LogP contribution >= 0.6 is 24.0 Å². The molecule has 0 radical (unpaired) electrons. The van der Waals surface area contributed by atoms with Gasteiger partial charge in [0.15, 0.2) is 0 Å². The van der Waals surface area contributed by atoms with Gasteiger partial charge in [0.2, 0.25) is 11.8 Å². The Bertz CT molecular complexity index is 560. The van der Waals surface area contributed by atoms with Crippen LogP contribution in [0, 0.1) is 0 Å². The molecule has 1 aliphatic rings. The van der Waals surface area contributed by atoms with Gasteiger partial charge in [0.25, 0.3) is 0 Å². The molecule has 1 atom stereocenters.